The number of nitrogens with one attached hydrogen (secondary N) is 1. The van der Waals surface area contributed by atoms with Gasteiger partial charge in [0.15, 0.2) is 11.5 Å². The summed E-state index contributed by atoms with van der Waals surface area (Å²) in [6, 6.07) is 20.3. The van der Waals surface area contributed by atoms with E-state index in [0.29, 0.717) is 30.5 Å². The Morgan fingerprint density at radius 1 is 0.944 bits per heavy atom. The molecule has 0 radical (unpaired) electrons. The lowest BCUT2D eigenvalue weighted by Crippen LogP contribution is -2.10. The van der Waals surface area contributed by atoms with Crippen molar-refractivity contribution in [1.29, 1.82) is 0 Å². The highest BCUT2D eigenvalue weighted by Gasteiger charge is 2.20. The third-order valence-corrected chi connectivity index (χ3v) is 8.04. The minimum Gasteiger partial charge on any atom is -0.490 e. The van der Waals surface area contributed by atoms with E-state index in [-0.39, 0.29) is 5.56 Å². The van der Waals surface area contributed by atoms with E-state index in [1.54, 1.807) is 11.3 Å². The number of ether oxygens (including phenoxy) is 2. The lowest BCUT2D eigenvalue weighted by atomic mass is 10.1. The zero-order valence-corrected chi connectivity index (χ0v) is 21.1. The summed E-state index contributed by atoms with van der Waals surface area (Å²) in [6.45, 7) is 2.89. The standard InChI is InChI=1S/C30H28N2O3S/c1-2-34-25-17-20(15-16-24(25)35-18-21-11-8-10-19-9-6-7-12-22(19)21)28-31-29(33)27-23-13-4-3-5-14-26(23)36-30(27)32-28/h6-12,15-17H,2-5,13-14,18H2,1H3,(H,31,32,33). The molecule has 0 saturated heterocycles. The van der Waals surface area contributed by atoms with Gasteiger partial charge in [-0.3, -0.25) is 4.79 Å². The van der Waals surface area contributed by atoms with Crippen LogP contribution in [0.25, 0.3) is 32.4 Å². The molecule has 1 aliphatic rings. The van der Waals surface area contributed by atoms with Crippen molar-refractivity contribution in [3.8, 4) is 22.9 Å². The second-order valence-electron chi connectivity index (χ2n) is 9.18. The van der Waals surface area contributed by atoms with Gasteiger partial charge in [0, 0.05) is 10.4 Å². The molecule has 1 N–H and O–H groups in total. The first-order valence-corrected chi connectivity index (χ1v) is 13.4. The molecule has 5 nitrogen and oxygen atoms in total. The summed E-state index contributed by atoms with van der Waals surface area (Å²) in [5.74, 6) is 1.87. The molecule has 1 aliphatic carbocycles. The second kappa shape index (κ2) is 9.78. The topological polar surface area (TPSA) is 64.2 Å². The molecule has 0 saturated carbocycles. The van der Waals surface area contributed by atoms with Crippen molar-refractivity contribution in [3.05, 3.63) is 87.0 Å². The molecular weight excluding hydrogens is 468 g/mol. The van der Waals surface area contributed by atoms with Crippen molar-refractivity contribution in [1.82, 2.24) is 9.97 Å². The number of H-pyrrole nitrogens is 1. The van der Waals surface area contributed by atoms with Crippen molar-refractivity contribution in [2.45, 2.75) is 45.6 Å². The number of nitrogens with zero attached hydrogens (tertiary/aromatic N) is 1. The lowest BCUT2D eigenvalue weighted by Gasteiger charge is -2.14. The SMILES string of the molecule is CCOc1cc(-c2nc3sc4c(c3c(=O)[nH]2)CCCCC4)ccc1OCc1cccc2ccccc12. The highest BCUT2D eigenvalue weighted by Crippen LogP contribution is 2.36. The molecule has 0 spiro atoms. The number of aryl methyl sites for hydroxylation is 2. The van der Waals surface area contributed by atoms with Gasteiger partial charge in [-0.05, 0) is 72.7 Å². The number of hydrogen-bond acceptors (Lipinski definition) is 5. The zero-order valence-electron chi connectivity index (χ0n) is 20.3. The average Bonchev–Trinajstić information content (AvgIpc) is 3.10. The highest BCUT2D eigenvalue weighted by atomic mass is 32.1. The number of hydrogen-bond donors (Lipinski definition) is 1. The van der Waals surface area contributed by atoms with E-state index in [2.05, 4.69) is 35.3 Å². The van der Waals surface area contributed by atoms with E-state index in [1.165, 1.54) is 34.1 Å². The maximum absolute atomic E-state index is 13.1. The fourth-order valence-electron chi connectivity index (χ4n) is 5.09. The quantitative estimate of drug-likeness (QED) is 0.256. The van der Waals surface area contributed by atoms with E-state index in [9.17, 15) is 4.79 Å². The second-order valence-corrected chi connectivity index (χ2v) is 10.3. The predicted molar refractivity (Wildman–Crippen MR) is 146 cm³/mol. The highest BCUT2D eigenvalue weighted by molar-refractivity contribution is 7.18. The molecule has 0 atom stereocenters. The number of benzene rings is 3. The van der Waals surface area contributed by atoms with E-state index < -0.39 is 0 Å². The minimum absolute atomic E-state index is 0.0522. The summed E-state index contributed by atoms with van der Waals surface area (Å²) in [6.07, 6.45) is 5.56. The van der Waals surface area contributed by atoms with Crippen LogP contribution >= 0.6 is 11.3 Å². The smallest absolute Gasteiger partial charge is 0.260 e. The van der Waals surface area contributed by atoms with Gasteiger partial charge in [-0.25, -0.2) is 4.98 Å². The van der Waals surface area contributed by atoms with E-state index >= 15 is 0 Å². The van der Waals surface area contributed by atoms with E-state index in [0.717, 1.165) is 40.6 Å². The Bertz CT molecular complexity index is 1610. The van der Waals surface area contributed by atoms with E-state index in [4.69, 9.17) is 14.5 Å². The van der Waals surface area contributed by atoms with Gasteiger partial charge in [0.05, 0.1) is 12.0 Å². The molecule has 0 unspecified atom stereocenters. The average molecular weight is 497 g/mol. The van der Waals surface area contributed by atoms with Crippen molar-refractivity contribution in [2.24, 2.45) is 0 Å². The van der Waals surface area contributed by atoms with Crippen LogP contribution in [0, 0.1) is 0 Å². The van der Waals surface area contributed by atoms with E-state index in [1.807, 2.05) is 37.3 Å². The summed E-state index contributed by atoms with van der Waals surface area (Å²) in [5, 5.41) is 3.15. The molecule has 2 heterocycles. The van der Waals surface area contributed by atoms with Gasteiger partial charge in [-0.15, -0.1) is 11.3 Å². The third kappa shape index (κ3) is 4.26. The van der Waals surface area contributed by atoms with Gasteiger partial charge in [-0.2, -0.15) is 0 Å². The molecule has 5 aromatic rings. The van der Waals surface area contributed by atoms with Crippen LogP contribution in [-0.4, -0.2) is 16.6 Å². The van der Waals surface area contributed by atoms with Gasteiger partial charge in [0.2, 0.25) is 0 Å². The summed E-state index contributed by atoms with van der Waals surface area (Å²) in [4.78, 5) is 23.2. The Morgan fingerprint density at radius 2 is 1.81 bits per heavy atom. The zero-order chi connectivity index (χ0) is 24.5. The first-order chi connectivity index (χ1) is 17.7. The van der Waals surface area contributed by atoms with Crippen LogP contribution in [-0.2, 0) is 19.4 Å². The van der Waals surface area contributed by atoms with Gasteiger partial charge in [0.1, 0.15) is 17.3 Å². The number of thiophene rings is 1. The Kier molecular flexibility index (Phi) is 6.20. The van der Waals surface area contributed by atoms with Crippen molar-refractivity contribution < 1.29 is 9.47 Å². The van der Waals surface area contributed by atoms with Crippen LogP contribution in [0.5, 0.6) is 11.5 Å². The number of aromatic amines is 1. The Balaban J connectivity index is 1.32. The molecule has 0 bridgehead atoms. The third-order valence-electron chi connectivity index (χ3n) is 6.86. The molecule has 0 fully saturated rings. The number of aromatic nitrogens is 2. The molecule has 182 valence electrons. The van der Waals surface area contributed by atoms with Crippen molar-refractivity contribution in [2.75, 3.05) is 6.61 Å². The van der Waals surface area contributed by atoms with Crippen molar-refractivity contribution in [3.63, 3.8) is 0 Å². The van der Waals surface area contributed by atoms with Crippen LogP contribution in [0.1, 0.15) is 42.2 Å². The number of rotatable bonds is 6. The normalized spacial score (nSPS) is 13.5. The van der Waals surface area contributed by atoms with Gasteiger partial charge < -0.3 is 14.5 Å². The molecule has 6 rings (SSSR count). The Labute approximate surface area is 213 Å². The summed E-state index contributed by atoms with van der Waals surface area (Å²) < 4.78 is 12.2. The van der Waals surface area contributed by atoms with Gasteiger partial charge >= 0.3 is 0 Å². The Hall–Kier alpha value is -3.64. The van der Waals surface area contributed by atoms with Gasteiger partial charge in [0.25, 0.3) is 5.56 Å². The maximum Gasteiger partial charge on any atom is 0.260 e. The van der Waals surface area contributed by atoms with Crippen LogP contribution in [0.15, 0.2) is 65.5 Å². The fraction of sp³-hybridized carbons (Fsp3) is 0.267. The molecular formula is C30H28N2O3S. The summed E-state index contributed by atoms with van der Waals surface area (Å²) >= 11 is 1.67. The molecule has 0 aliphatic heterocycles. The van der Waals surface area contributed by atoms with Crippen molar-refractivity contribution >= 4 is 32.3 Å². The first-order valence-electron chi connectivity index (χ1n) is 12.6. The number of fused-ring (bicyclic) bond motifs is 4. The van der Waals surface area contributed by atoms with Crippen LogP contribution < -0.4 is 15.0 Å². The predicted octanol–water partition coefficient (Wildman–Crippen LogP) is 7.05. The Morgan fingerprint density at radius 3 is 2.72 bits per heavy atom. The molecule has 0 amide bonds. The van der Waals surface area contributed by atoms with Crippen LogP contribution in [0.4, 0.5) is 0 Å². The van der Waals surface area contributed by atoms with Crippen LogP contribution in [0.3, 0.4) is 0 Å². The fourth-order valence-corrected chi connectivity index (χ4v) is 6.36. The maximum atomic E-state index is 13.1. The largest absolute Gasteiger partial charge is 0.490 e. The molecule has 36 heavy (non-hydrogen) atoms. The summed E-state index contributed by atoms with van der Waals surface area (Å²) in [5.41, 5.74) is 3.08. The monoisotopic (exact) mass is 496 g/mol. The first kappa shape index (κ1) is 22.8. The molecule has 2 aromatic heterocycles. The molecule has 6 heteroatoms. The van der Waals surface area contributed by atoms with Crippen LogP contribution in [0.2, 0.25) is 0 Å². The summed E-state index contributed by atoms with van der Waals surface area (Å²) in [7, 11) is 0. The lowest BCUT2D eigenvalue weighted by molar-refractivity contribution is 0.270. The van der Waals surface area contributed by atoms with Gasteiger partial charge in [-0.1, -0.05) is 48.9 Å². The minimum atomic E-state index is -0.0522. The molecule has 3 aromatic carbocycles.